The van der Waals surface area contributed by atoms with E-state index in [1.165, 1.54) is 13.2 Å². The van der Waals surface area contributed by atoms with Crippen molar-refractivity contribution in [2.24, 2.45) is 5.73 Å². The number of primary amides is 1. The van der Waals surface area contributed by atoms with Crippen LogP contribution in [-0.2, 0) is 0 Å². The predicted octanol–water partition coefficient (Wildman–Crippen LogP) is 3.09. The van der Waals surface area contributed by atoms with E-state index in [-0.39, 0.29) is 5.91 Å². The van der Waals surface area contributed by atoms with Crippen LogP contribution < -0.4 is 21.1 Å². The van der Waals surface area contributed by atoms with Crippen molar-refractivity contribution < 1.29 is 14.3 Å². The maximum Gasteiger partial charge on any atom is 0.316 e. The lowest BCUT2D eigenvalue weighted by molar-refractivity contribution is 0.102. The van der Waals surface area contributed by atoms with E-state index in [0.717, 1.165) is 0 Å². The number of nitrogens with one attached hydrogen (secondary N) is 2. The summed E-state index contributed by atoms with van der Waals surface area (Å²) in [4.78, 5) is 23.0. The largest absolute Gasteiger partial charge is 0.495 e. The minimum absolute atomic E-state index is 0.339. The number of carbonyl (C=O) groups is 2. The summed E-state index contributed by atoms with van der Waals surface area (Å²) < 4.78 is 5.05. The summed E-state index contributed by atoms with van der Waals surface area (Å²) in [6, 6.07) is 10.6. The molecule has 3 amide bonds. The first kappa shape index (κ1) is 15.7. The summed E-state index contributed by atoms with van der Waals surface area (Å²) in [5, 5.41) is 5.51. The maximum absolute atomic E-state index is 12.2. The van der Waals surface area contributed by atoms with E-state index in [0.29, 0.717) is 27.7 Å². The normalized spacial score (nSPS) is 9.91. The summed E-state index contributed by atoms with van der Waals surface area (Å²) in [7, 11) is 1.51. The highest BCUT2D eigenvalue weighted by Crippen LogP contribution is 2.27. The molecule has 0 saturated carbocycles. The van der Waals surface area contributed by atoms with Crippen molar-refractivity contribution in [1.82, 2.24) is 0 Å². The van der Waals surface area contributed by atoms with Crippen LogP contribution in [0.25, 0.3) is 0 Å². The lowest BCUT2D eigenvalue weighted by Gasteiger charge is -2.09. The summed E-state index contributed by atoms with van der Waals surface area (Å²) in [5.41, 5.74) is 6.38. The summed E-state index contributed by atoms with van der Waals surface area (Å²) >= 11 is 6.00. The van der Waals surface area contributed by atoms with Crippen LogP contribution in [0.2, 0.25) is 5.02 Å². The third-order valence-corrected chi connectivity index (χ3v) is 3.10. The van der Waals surface area contributed by atoms with Crippen LogP contribution in [0.4, 0.5) is 16.2 Å². The zero-order chi connectivity index (χ0) is 16.1. The van der Waals surface area contributed by atoms with E-state index in [2.05, 4.69) is 10.6 Å². The van der Waals surface area contributed by atoms with E-state index < -0.39 is 6.03 Å². The zero-order valence-corrected chi connectivity index (χ0v) is 12.5. The number of hydrogen-bond donors (Lipinski definition) is 3. The minimum Gasteiger partial charge on any atom is -0.495 e. The van der Waals surface area contributed by atoms with Gasteiger partial charge in [0.25, 0.3) is 5.91 Å². The number of anilines is 2. The molecule has 114 valence electrons. The molecule has 0 heterocycles. The molecule has 0 aromatic heterocycles. The van der Waals surface area contributed by atoms with Gasteiger partial charge in [0.15, 0.2) is 0 Å². The molecule has 2 aromatic rings. The van der Waals surface area contributed by atoms with Gasteiger partial charge in [0, 0.05) is 16.9 Å². The molecule has 2 aromatic carbocycles. The summed E-state index contributed by atoms with van der Waals surface area (Å²) in [5.74, 6) is 0.182. The molecule has 0 bridgehead atoms. The topological polar surface area (TPSA) is 93.4 Å². The highest BCUT2D eigenvalue weighted by molar-refractivity contribution is 6.32. The Morgan fingerprint density at radius 2 is 1.82 bits per heavy atom. The minimum atomic E-state index is -0.695. The molecule has 4 N–H and O–H groups in total. The molecule has 0 spiro atoms. The third kappa shape index (κ3) is 3.89. The molecular weight excluding hydrogens is 306 g/mol. The number of rotatable bonds is 4. The molecule has 0 saturated heterocycles. The van der Waals surface area contributed by atoms with Crippen LogP contribution in [0, 0.1) is 0 Å². The standard InChI is InChI=1S/C15H14ClN3O3/c1-22-13-6-5-11(8-12(13)16)18-14(20)9-3-2-4-10(7-9)19-15(17)21/h2-8H,1H3,(H,18,20)(H3,17,19,21). The lowest BCUT2D eigenvalue weighted by Crippen LogP contribution is -2.19. The van der Waals surface area contributed by atoms with Gasteiger partial charge < -0.3 is 21.1 Å². The lowest BCUT2D eigenvalue weighted by atomic mass is 10.2. The molecular formula is C15H14ClN3O3. The fourth-order valence-corrected chi connectivity index (χ4v) is 2.09. The quantitative estimate of drug-likeness (QED) is 0.808. The first-order valence-corrected chi connectivity index (χ1v) is 6.69. The van der Waals surface area contributed by atoms with Crippen LogP contribution in [0.1, 0.15) is 10.4 Å². The molecule has 0 aliphatic heterocycles. The molecule has 0 atom stereocenters. The van der Waals surface area contributed by atoms with Gasteiger partial charge in [0.2, 0.25) is 0 Å². The van der Waals surface area contributed by atoms with Crippen molar-refractivity contribution in [1.29, 1.82) is 0 Å². The van der Waals surface area contributed by atoms with E-state index in [9.17, 15) is 9.59 Å². The van der Waals surface area contributed by atoms with E-state index >= 15 is 0 Å². The van der Waals surface area contributed by atoms with Crippen LogP contribution in [-0.4, -0.2) is 19.0 Å². The van der Waals surface area contributed by atoms with Crippen molar-refractivity contribution in [3.63, 3.8) is 0 Å². The Balaban J connectivity index is 2.15. The smallest absolute Gasteiger partial charge is 0.316 e. The first-order chi connectivity index (χ1) is 10.5. The SMILES string of the molecule is COc1ccc(NC(=O)c2cccc(NC(N)=O)c2)cc1Cl. The fraction of sp³-hybridized carbons (Fsp3) is 0.0667. The Bertz CT molecular complexity index is 719. The number of halogens is 1. The Morgan fingerprint density at radius 1 is 1.09 bits per heavy atom. The van der Waals surface area contributed by atoms with Gasteiger partial charge in [-0.3, -0.25) is 4.79 Å². The zero-order valence-electron chi connectivity index (χ0n) is 11.7. The van der Waals surface area contributed by atoms with Gasteiger partial charge in [-0.15, -0.1) is 0 Å². The monoisotopic (exact) mass is 319 g/mol. The van der Waals surface area contributed by atoms with Gasteiger partial charge in [-0.1, -0.05) is 17.7 Å². The van der Waals surface area contributed by atoms with Crippen molar-refractivity contribution in [3.05, 3.63) is 53.1 Å². The predicted molar refractivity (Wildman–Crippen MR) is 85.6 cm³/mol. The number of methoxy groups -OCH3 is 1. The molecule has 0 aliphatic carbocycles. The molecule has 0 unspecified atom stereocenters. The summed E-state index contributed by atoms with van der Waals surface area (Å²) in [6.45, 7) is 0. The maximum atomic E-state index is 12.2. The van der Waals surface area contributed by atoms with Gasteiger partial charge >= 0.3 is 6.03 Å². The number of hydrogen-bond acceptors (Lipinski definition) is 3. The van der Waals surface area contributed by atoms with Gasteiger partial charge in [0.1, 0.15) is 5.75 Å². The van der Waals surface area contributed by atoms with E-state index in [1.807, 2.05) is 0 Å². The van der Waals surface area contributed by atoms with Crippen LogP contribution in [0.15, 0.2) is 42.5 Å². The number of benzene rings is 2. The number of urea groups is 1. The van der Waals surface area contributed by atoms with Crippen molar-refractivity contribution in [2.75, 3.05) is 17.7 Å². The molecule has 0 radical (unpaired) electrons. The molecule has 7 heteroatoms. The average Bonchev–Trinajstić information content (AvgIpc) is 2.47. The first-order valence-electron chi connectivity index (χ1n) is 6.31. The number of ether oxygens (including phenoxy) is 1. The Kier molecular flexibility index (Phi) is 4.85. The van der Waals surface area contributed by atoms with Crippen LogP contribution >= 0.6 is 11.6 Å². The number of carbonyl (C=O) groups excluding carboxylic acids is 2. The fourth-order valence-electron chi connectivity index (χ4n) is 1.83. The van der Waals surface area contributed by atoms with Crippen molar-refractivity contribution in [2.45, 2.75) is 0 Å². The Hall–Kier alpha value is -2.73. The van der Waals surface area contributed by atoms with Gasteiger partial charge in [-0.05, 0) is 36.4 Å². The van der Waals surface area contributed by atoms with Gasteiger partial charge in [0.05, 0.1) is 12.1 Å². The second-order valence-corrected chi connectivity index (χ2v) is 4.78. The average molecular weight is 320 g/mol. The highest BCUT2D eigenvalue weighted by atomic mass is 35.5. The Morgan fingerprint density at radius 3 is 2.45 bits per heavy atom. The Labute approximate surface area is 132 Å². The molecule has 6 nitrogen and oxygen atoms in total. The second-order valence-electron chi connectivity index (χ2n) is 4.37. The van der Waals surface area contributed by atoms with Gasteiger partial charge in [-0.25, -0.2) is 4.79 Å². The van der Waals surface area contributed by atoms with Crippen molar-refractivity contribution >= 4 is 34.9 Å². The van der Waals surface area contributed by atoms with Gasteiger partial charge in [-0.2, -0.15) is 0 Å². The molecule has 2 rings (SSSR count). The second kappa shape index (κ2) is 6.82. The molecule has 0 aliphatic rings. The van der Waals surface area contributed by atoms with Crippen molar-refractivity contribution in [3.8, 4) is 5.75 Å². The van der Waals surface area contributed by atoms with Crippen LogP contribution in [0.5, 0.6) is 5.75 Å². The number of amides is 3. The summed E-state index contributed by atoms with van der Waals surface area (Å²) in [6.07, 6.45) is 0. The molecule has 0 fully saturated rings. The van der Waals surface area contributed by atoms with E-state index in [1.54, 1.807) is 36.4 Å². The number of nitrogens with two attached hydrogens (primary N) is 1. The van der Waals surface area contributed by atoms with E-state index in [4.69, 9.17) is 22.1 Å². The third-order valence-electron chi connectivity index (χ3n) is 2.80. The van der Waals surface area contributed by atoms with Crippen LogP contribution in [0.3, 0.4) is 0 Å². The highest BCUT2D eigenvalue weighted by Gasteiger charge is 2.09. The molecule has 22 heavy (non-hydrogen) atoms.